The van der Waals surface area contributed by atoms with Crippen LogP contribution >= 0.6 is 15.9 Å². The Labute approximate surface area is 115 Å². The van der Waals surface area contributed by atoms with Gasteiger partial charge >= 0.3 is 0 Å². The molecule has 0 aliphatic carbocycles. The van der Waals surface area contributed by atoms with Crippen molar-refractivity contribution < 1.29 is 13.2 Å². The number of aromatic amines is 1. The number of sulfonamides is 1. The van der Waals surface area contributed by atoms with Gasteiger partial charge < -0.3 is 4.74 Å². The predicted molar refractivity (Wildman–Crippen MR) is 70.4 cm³/mol. The molecule has 0 radical (unpaired) electrons. The number of halogens is 1. The predicted octanol–water partition coefficient (Wildman–Crippen LogP) is 0.811. The van der Waals surface area contributed by atoms with Gasteiger partial charge in [-0.15, -0.1) is 0 Å². The first-order chi connectivity index (χ1) is 8.46. The van der Waals surface area contributed by atoms with Gasteiger partial charge in [-0.25, -0.2) is 8.42 Å². The Hall–Kier alpha value is -0.440. The molecule has 1 fully saturated rings. The SMILES string of the molecule is Cc1n[nH]c(C)c1S(=O)(=O)N1CCOC(CBr)C1. The molecule has 2 rings (SSSR count). The lowest BCUT2D eigenvalue weighted by molar-refractivity contribution is 0.0136. The molecule has 8 heteroatoms. The molecule has 1 saturated heterocycles. The highest BCUT2D eigenvalue weighted by Crippen LogP contribution is 2.23. The third kappa shape index (κ3) is 2.47. The van der Waals surface area contributed by atoms with Crippen LogP contribution in [-0.2, 0) is 14.8 Å². The number of ether oxygens (including phenoxy) is 1. The number of aryl methyl sites for hydroxylation is 2. The van der Waals surface area contributed by atoms with Crippen LogP contribution in [0.4, 0.5) is 0 Å². The monoisotopic (exact) mass is 337 g/mol. The maximum atomic E-state index is 12.5. The van der Waals surface area contributed by atoms with E-state index in [0.717, 1.165) is 0 Å². The molecule has 1 aromatic heterocycles. The largest absolute Gasteiger partial charge is 0.375 e. The first kappa shape index (κ1) is 14.0. The summed E-state index contributed by atoms with van der Waals surface area (Å²) in [6.07, 6.45) is -0.0963. The summed E-state index contributed by atoms with van der Waals surface area (Å²) in [5.74, 6) is 0. The summed E-state index contributed by atoms with van der Waals surface area (Å²) in [6, 6.07) is 0. The third-order valence-electron chi connectivity index (χ3n) is 2.93. The van der Waals surface area contributed by atoms with Crippen molar-refractivity contribution in [1.29, 1.82) is 0 Å². The highest BCUT2D eigenvalue weighted by atomic mass is 79.9. The van der Waals surface area contributed by atoms with E-state index in [4.69, 9.17) is 4.74 Å². The van der Waals surface area contributed by atoms with E-state index >= 15 is 0 Å². The van der Waals surface area contributed by atoms with Crippen molar-refractivity contribution in [2.45, 2.75) is 24.8 Å². The number of morpholine rings is 1. The maximum Gasteiger partial charge on any atom is 0.246 e. The average Bonchev–Trinajstić information content (AvgIpc) is 2.69. The van der Waals surface area contributed by atoms with Crippen molar-refractivity contribution in [3.8, 4) is 0 Å². The fourth-order valence-corrected chi connectivity index (χ4v) is 4.23. The van der Waals surface area contributed by atoms with E-state index in [9.17, 15) is 8.42 Å². The van der Waals surface area contributed by atoms with Gasteiger partial charge in [-0.2, -0.15) is 9.40 Å². The molecule has 2 heterocycles. The number of H-pyrrole nitrogens is 1. The van der Waals surface area contributed by atoms with Crippen molar-refractivity contribution in [3.05, 3.63) is 11.4 Å². The fraction of sp³-hybridized carbons (Fsp3) is 0.700. The molecule has 0 spiro atoms. The van der Waals surface area contributed by atoms with E-state index < -0.39 is 10.0 Å². The topological polar surface area (TPSA) is 75.3 Å². The molecule has 1 unspecified atom stereocenters. The molecule has 0 aromatic carbocycles. The van der Waals surface area contributed by atoms with E-state index in [-0.39, 0.29) is 11.0 Å². The Bertz CT molecular complexity index is 509. The van der Waals surface area contributed by atoms with E-state index in [1.807, 2.05) is 0 Å². The first-order valence-electron chi connectivity index (χ1n) is 5.66. The van der Waals surface area contributed by atoms with Crippen LogP contribution in [0.3, 0.4) is 0 Å². The van der Waals surface area contributed by atoms with Crippen molar-refractivity contribution in [2.24, 2.45) is 0 Å². The lowest BCUT2D eigenvalue weighted by Crippen LogP contribution is -2.46. The zero-order valence-corrected chi connectivity index (χ0v) is 12.7. The quantitative estimate of drug-likeness (QED) is 0.828. The minimum Gasteiger partial charge on any atom is -0.375 e. The molecule has 1 atom stereocenters. The Morgan fingerprint density at radius 2 is 2.28 bits per heavy atom. The van der Waals surface area contributed by atoms with Gasteiger partial charge in [0, 0.05) is 18.4 Å². The number of nitrogens with zero attached hydrogens (tertiary/aromatic N) is 2. The zero-order valence-electron chi connectivity index (χ0n) is 10.3. The van der Waals surface area contributed by atoms with Crippen LogP contribution in [0.1, 0.15) is 11.4 Å². The van der Waals surface area contributed by atoms with Crippen LogP contribution in [0, 0.1) is 13.8 Å². The van der Waals surface area contributed by atoms with Gasteiger partial charge in [-0.1, -0.05) is 15.9 Å². The number of hydrogen-bond donors (Lipinski definition) is 1. The summed E-state index contributed by atoms with van der Waals surface area (Å²) in [7, 11) is -3.48. The number of rotatable bonds is 3. The van der Waals surface area contributed by atoms with Gasteiger partial charge in [0.25, 0.3) is 0 Å². The molecule has 1 aliphatic rings. The molecule has 6 nitrogen and oxygen atoms in total. The van der Waals surface area contributed by atoms with Gasteiger partial charge in [0.2, 0.25) is 10.0 Å². The maximum absolute atomic E-state index is 12.5. The van der Waals surface area contributed by atoms with Crippen molar-refractivity contribution in [3.63, 3.8) is 0 Å². The molecule has 18 heavy (non-hydrogen) atoms. The second-order valence-electron chi connectivity index (χ2n) is 4.27. The highest BCUT2D eigenvalue weighted by Gasteiger charge is 2.33. The second kappa shape index (κ2) is 5.28. The molecule has 0 amide bonds. The van der Waals surface area contributed by atoms with Crippen molar-refractivity contribution in [2.75, 3.05) is 25.0 Å². The summed E-state index contributed by atoms with van der Waals surface area (Å²) in [5.41, 5.74) is 1.09. The number of alkyl halides is 1. The number of hydrogen-bond acceptors (Lipinski definition) is 4. The van der Waals surface area contributed by atoms with Crippen molar-refractivity contribution >= 4 is 26.0 Å². The molecule has 1 aliphatic heterocycles. The average molecular weight is 338 g/mol. The van der Waals surface area contributed by atoms with Gasteiger partial charge in [0.05, 0.1) is 24.1 Å². The van der Waals surface area contributed by atoms with Crippen LogP contribution in [0.25, 0.3) is 0 Å². The van der Waals surface area contributed by atoms with Gasteiger partial charge in [-0.05, 0) is 13.8 Å². The highest BCUT2D eigenvalue weighted by molar-refractivity contribution is 9.09. The summed E-state index contributed by atoms with van der Waals surface area (Å²) in [5, 5.41) is 7.28. The molecule has 0 bridgehead atoms. The lowest BCUT2D eigenvalue weighted by atomic mass is 10.3. The standard InChI is InChI=1S/C10H16BrN3O3S/c1-7-10(8(2)13-12-7)18(15,16)14-3-4-17-9(5-11)6-14/h9H,3-6H2,1-2H3,(H,12,13). The summed E-state index contributed by atoms with van der Waals surface area (Å²) < 4.78 is 32.0. The Morgan fingerprint density at radius 1 is 1.56 bits per heavy atom. The molecular weight excluding hydrogens is 322 g/mol. The van der Waals surface area contributed by atoms with Crippen LogP contribution in [-0.4, -0.2) is 54.1 Å². The van der Waals surface area contributed by atoms with Gasteiger partial charge in [-0.3, -0.25) is 5.10 Å². The van der Waals surface area contributed by atoms with Crippen LogP contribution in [0.5, 0.6) is 0 Å². The van der Waals surface area contributed by atoms with E-state index in [2.05, 4.69) is 26.1 Å². The van der Waals surface area contributed by atoms with Crippen LogP contribution < -0.4 is 0 Å². The van der Waals surface area contributed by atoms with E-state index in [1.165, 1.54) is 4.31 Å². The molecule has 0 saturated carbocycles. The molecule has 1 N–H and O–H groups in total. The number of aromatic nitrogens is 2. The smallest absolute Gasteiger partial charge is 0.246 e. The van der Waals surface area contributed by atoms with Gasteiger partial charge in [0.1, 0.15) is 4.90 Å². The zero-order chi connectivity index (χ0) is 13.3. The summed E-state index contributed by atoms with van der Waals surface area (Å²) in [4.78, 5) is 0.290. The fourth-order valence-electron chi connectivity index (χ4n) is 2.05. The third-order valence-corrected chi connectivity index (χ3v) is 5.78. The molecule has 102 valence electrons. The Morgan fingerprint density at radius 3 is 2.83 bits per heavy atom. The van der Waals surface area contributed by atoms with Crippen molar-refractivity contribution in [1.82, 2.24) is 14.5 Å². The first-order valence-corrected chi connectivity index (χ1v) is 8.22. The second-order valence-corrected chi connectivity index (χ2v) is 6.80. The van der Waals surface area contributed by atoms with Gasteiger partial charge in [0.15, 0.2) is 0 Å². The Kier molecular flexibility index (Phi) is 4.10. The normalized spacial score (nSPS) is 22.3. The van der Waals surface area contributed by atoms with E-state index in [0.29, 0.717) is 36.4 Å². The van der Waals surface area contributed by atoms with Crippen LogP contribution in [0.15, 0.2) is 4.90 Å². The van der Waals surface area contributed by atoms with E-state index in [1.54, 1.807) is 13.8 Å². The molecule has 1 aromatic rings. The minimum absolute atomic E-state index is 0.0963. The summed E-state index contributed by atoms with van der Waals surface area (Å²) >= 11 is 3.32. The number of nitrogens with one attached hydrogen (secondary N) is 1. The summed E-state index contributed by atoms with van der Waals surface area (Å²) in [6.45, 7) is 4.59. The van der Waals surface area contributed by atoms with Crippen LogP contribution in [0.2, 0.25) is 0 Å². The lowest BCUT2D eigenvalue weighted by Gasteiger charge is -2.31. The minimum atomic E-state index is -3.48. The molecular formula is C10H16BrN3O3S. The Balaban J connectivity index is 2.31.